The summed E-state index contributed by atoms with van der Waals surface area (Å²) in [6.45, 7) is 6.70. The predicted octanol–water partition coefficient (Wildman–Crippen LogP) is 2.03. The maximum atomic E-state index is 12.0. The van der Waals surface area contributed by atoms with Gasteiger partial charge in [0.2, 0.25) is 10.0 Å². The number of unbranched alkanes of at least 4 members (excludes halogenated alkanes) is 1. The second-order valence-electron chi connectivity index (χ2n) is 5.60. The monoisotopic (exact) mass is 285 g/mol. The van der Waals surface area contributed by atoms with Crippen molar-refractivity contribution in [3.05, 3.63) is 29.8 Å². The lowest BCUT2D eigenvalue weighted by Crippen LogP contribution is -2.25. The average molecular weight is 285 g/mol. The molecule has 0 aliphatic carbocycles. The van der Waals surface area contributed by atoms with E-state index in [0.29, 0.717) is 19.4 Å². The molecule has 0 unspecified atom stereocenters. The van der Waals surface area contributed by atoms with E-state index in [9.17, 15) is 8.42 Å². The van der Waals surface area contributed by atoms with Gasteiger partial charge in [-0.3, -0.25) is 0 Å². The molecule has 0 aromatic heterocycles. The van der Waals surface area contributed by atoms with Gasteiger partial charge in [0.1, 0.15) is 0 Å². The molecule has 19 heavy (non-hydrogen) atoms. The highest BCUT2D eigenvalue weighted by atomic mass is 32.2. The molecule has 0 bridgehead atoms. The zero-order valence-corrected chi connectivity index (χ0v) is 12.6. The minimum atomic E-state index is -3.43. The standard InChI is InChI=1S/C14H23NO3S/c1-14(2,3)12-6-8-13(9-7-12)19(17,18)15-10-4-5-11-16/h6-9,15-16H,4-5,10-11H2,1-3H3. The van der Waals surface area contributed by atoms with Crippen LogP contribution in [0.2, 0.25) is 0 Å². The van der Waals surface area contributed by atoms with Crippen LogP contribution < -0.4 is 4.72 Å². The maximum Gasteiger partial charge on any atom is 0.240 e. The van der Waals surface area contributed by atoms with Gasteiger partial charge in [-0.1, -0.05) is 32.9 Å². The first-order valence-corrected chi connectivity index (χ1v) is 7.97. The van der Waals surface area contributed by atoms with Crippen LogP contribution in [0, 0.1) is 0 Å². The molecule has 2 N–H and O–H groups in total. The van der Waals surface area contributed by atoms with E-state index in [2.05, 4.69) is 25.5 Å². The van der Waals surface area contributed by atoms with Crippen molar-refractivity contribution in [2.45, 2.75) is 43.9 Å². The van der Waals surface area contributed by atoms with Gasteiger partial charge < -0.3 is 5.11 Å². The lowest BCUT2D eigenvalue weighted by atomic mass is 9.87. The fraction of sp³-hybridized carbons (Fsp3) is 0.571. The van der Waals surface area contributed by atoms with E-state index in [0.717, 1.165) is 5.56 Å². The normalized spacial score (nSPS) is 12.6. The number of benzene rings is 1. The number of hydrogen-bond acceptors (Lipinski definition) is 3. The molecule has 0 aliphatic rings. The topological polar surface area (TPSA) is 66.4 Å². The van der Waals surface area contributed by atoms with E-state index in [1.807, 2.05) is 12.1 Å². The Morgan fingerprint density at radius 1 is 1.11 bits per heavy atom. The van der Waals surface area contributed by atoms with Crippen LogP contribution in [-0.4, -0.2) is 26.7 Å². The molecule has 0 radical (unpaired) electrons. The van der Waals surface area contributed by atoms with Gasteiger partial charge >= 0.3 is 0 Å². The van der Waals surface area contributed by atoms with Gasteiger partial charge in [-0.2, -0.15) is 0 Å². The largest absolute Gasteiger partial charge is 0.396 e. The van der Waals surface area contributed by atoms with Crippen molar-refractivity contribution in [3.63, 3.8) is 0 Å². The minimum absolute atomic E-state index is 0.0108. The Morgan fingerprint density at radius 2 is 1.68 bits per heavy atom. The van der Waals surface area contributed by atoms with Crippen molar-refractivity contribution in [1.29, 1.82) is 0 Å². The quantitative estimate of drug-likeness (QED) is 0.786. The van der Waals surface area contributed by atoms with Gasteiger partial charge in [0.25, 0.3) is 0 Å². The molecular formula is C14H23NO3S. The van der Waals surface area contributed by atoms with Crippen molar-refractivity contribution in [2.24, 2.45) is 0 Å². The molecule has 1 aromatic rings. The summed E-state index contributed by atoms with van der Waals surface area (Å²) >= 11 is 0. The third-order valence-electron chi connectivity index (χ3n) is 2.91. The van der Waals surface area contributed by atoms with Crippen molar-refractivity contribution in [2.75, 3.05) is 13.2 Å². The summed E-state index contributed by atoms with van der Waals surface area (Å²) in [5, 5.41) is 8.64. The number of rotatable bonds is 6. The molecule has 4 nitrogen and oxygen atoms in total. The van der Waals surface area contributed by atoms with Crippen LogP contribution in [-0.2, 0) is 15.4 Å². The predicted molar refractivity (Wildman–Crippen MR) is 76.7 cm³/mol. The average Bonchev–Trinajstić information content (AvgIpc) is 2.34. The molecule has 0 heterocycles. The number of sulfonamides is 1. The Bertz CT molecular complexity index is 486. The molecular weight excluding hydrogens is 262 g/mol. The van der Waals surface area contributed by atoms with Gasteiger partial charge in [0.15, 0.2) is 0 Å². The Kier molecular flexibility index (Phi) is 5.52. The van der Waals surface area contributed by atoms with Crippen LogP contribution in [0.4, 0.5) is 0 Å². The Hall–Kier alpha value is -0.910. The molecule has 0 fully saturated rings. The second-order valence-corrected chi connectivity index (χ2v) is 7.37. The van der Waals surface area contributed by atoms with Crippen LogP contribution in [0.1, 0.15) is 39.2 Å². The first-order chi connectivity index (χ1) is 8.77. The van der Waals surface area contributed by atoms with Crippen molar-refractivity contribution < 1.29 is 13.5 Å². The highest BCUT2D eigenvalue weighted by molar-refractivity contribution is 7.89. The zero-order valence-electron chi connectivity index (χ0n) is 11.8. The summed E-state index contributed by atoms with van der Waals surface area (Å²) < 4.78 is 26.5. The van der Waals surface area contributed by atoms with E-state index in [1.54, 1.807) is 12.1 Å². The van der Waals surface area contributed by atoms with Crippen LogP contribution in [0.15, 0.2) is 29.2 Å². The molecule has 108 valence electrons. The van der Waals surface area contributed by atoms with E-state index in [4.69, 9.17) is 5.11 Å². The molecule has 0 spiro atoms. The number of nitrogens with one attached hydrogen (secondary N) is 1. The first-order valence-electron chi connectivity index (χ1n) is 6.48. The molecule has 0 aliphatic heterocycles. The summed E-state index contributed by atoms with van der Waals surface area (Å²) in [4.78, 5) is 0.282. The van der Waals surface area contributed by atoms with Crippen LogP contribution in [0.5, 0.6) is 0 Å². The Labute approximate surface area is 115 Å². The number of aliphatic hydroxyl groups excluding tert-OH is 1. The minimum Gasteiger partial charge on any atom is -0.396 e. The van der Waals surface area contributed by atoms with Gasteiger partial charge in [-0.25, -0.2) is 13.1 Å². The van der Waals surface area contributed by atoms with Gasteiger partial charge in [-0.05, 0) is 36.0 Å². The third-order valence-corrected chi connectivity index (χ3v) is 4.38. The Balaban J connectivity index is 2.74. The second kappa shape index (κ2) is 6.50. The van der Waals surface area contributed by atoms with Gasteiger partial charge in [0.05, 0.1) is 4.90 Å². The van der Waals surface area contributed by atoms with E-state index >= 15 is 0 Å². The molecule has 0 saturated heterocycles. The van der Waals surface area contributed by atoms with Crippen LogP contribution in [0.3, 0.4) is 0 Å². The Morgan fingerprint density at radius 3 is 2.16 bits per heavy atom. The van der Waals surface area contributed by atoms with Crippen LogP contribution >= 0.6 is 0 Å². The highest BCUT2D eigenvalue weighted by Crippen LogP contribution is 2.23. The van der Waals surface area contributed by atoms with Crippen LogP contribution in [0.25, 0.3) is 0 Å². The van der Waals surface area contributed by atoms with E-state index in [-0.39, 0.29) is 16.9 Å². The fourth-order valence-corrected chi connectivity index (χ4v) is 2.73. The lowest BCUT2D eigenvalue weighted by molar-refractivity contribution is 0.285. The van der Waals surface area contributed by atoms with E-state index in [1.165, 1.54) is 0 Å². The van der Waals surface area contributed by atoms with Gasteiger partial charge in [-0.15, -0.1) is 0 Å². The zero-order chi connectivity index (χ0) is 14.5. The van der Waals surface area contributed by atoms with Crippen molar-refractivity contribution in [1.82, 2.24) is 4.72 Å². The fourth-order valence-electron chi connectivity index (χ4n) is 1.66. The third kappa shape index (κ3) is 4.93. The first kappa shape index (κ1) is 16.1. The van der Waals surface area contributed by atoms with E-state index < -0.39 is 10.0 Å². The van der Waals surface area contributed by atoms with Crippen molar-refractivity contribution in [3.8, 4) is 0 Å². The SMILES string of the molecule is CC(C)(C)c1ccc(S(=O)(=O)NCCCCO)cc1. The number of aliphatic hydroxyl groups is 1. The number of hydrogen-bond donors (Lipinski definition) is 2. The highest BCUT2D eigenvalue weighted by Gasteiger charge is 2.16. The summed E-state index contributed by atoms with van der Waals surface area (Å²) in [5.41, 5.74) is 1.11. The van der Waals surface area contributed by atoms with Crippen molar-refractivity contribution >= 4 is 10.0 Å². The summed E-state index contributed by atoms with van der Waals surface area (Å²) in [6, 6.07) is 6.97. The molecule has 5 heteroatoms. The summed E-state index contributed by atoms with van der Waals surface area (Å²) in [5.74, 6) is 0. The van der Waals surface area contributed by atoms with Gasteiger partial charge in [0, 0.05) is 13.2 Å². The molecule has 1 aromatic carbocycles. The molecule has 1 rings (SSSR count). The summed E-state index contributed by atoms with van der Waals surface area (Å²) in [6.07, 6.45) is 1.24. The summed E-state index contributed by atoms with van der Waals surface area (Å²) in [7, 11) is -3.43. The molecule has 0 amide bonds. The maximum absolute atomic E-state index is 12.0. The lowest BCUT2D eigenvalue weighted by Gasteiger charge is -2.19. The molecule has 0 atom stereocenters. The molecule has 0 saturated carbocycles. The smallest absolute Gasteiger partial charge is 0.240 e.